The molecule has 0 saturated heterocycles. The molecule has 1 rings (SSSR count). The molecular formula is C16H23F3N2O2. The highest BCUT2D eigenvalue weighted by molar-refractivity contribution is 5.77. The van der Waals surface area contributed by atoms with E-state index in [2.05, 4.69) is 28.8 Å². The summed E-state index contributed by atoms with van der Waals surface area (Å²) >= 11 is 0. The largest absolute Gasteiger partial charge is 0.411 e. The Morgan fingerprint density at radius 2 is 1.70 bits per heavy atom. The zero-order valence-corrected chi connectivity index (χ0v) is 13.4. The van der Waals surface area contributed by atoms with Crippen LogP contribution in [0.1, 0.15) is 25.0 Å². The fourth-order valence-electron chi connectivity index (χ4n) is 1.98. The van der Waals surface area contributed by atoms with Gasteiger partial charge in [0.15, 0.2) is 0 Å². The number of ether oxygens (including phenoxy) is 1. The maximum atomic E-state index is 11.9. The number of carbonyl (C=O) groups is 1. The number of halogens is 3. The Morgan fingerprint density at radius 1 is 1.13 bits per heavy atom. The maximum Gasteiger partial charge on any atom is 0.411 e. The van der Waals surface area contributed by atoms with Gasteiger partial charge >= 0.3 is 6.18 Å². The lowest BCUT2D eigenvalue weighted by molar-refractivity contribution is -0.175. The van der Waals surface area contributed by atoms with Crippen LogP contribution in [-0.2, 0) is 22.6 Å². The highest BCUT2D eigenvalue weighted by Gasteiger charge is 2.27. The van der Waals surface area contributed by atoms with Crippen LogP contribution in [-0.4, -0.2) is 43.3 Å². The molecule has 0 bridgehead atoms. The summed E-state index contributed by atoms with van der Waals surface area (Å²) in [6, 6.07) is 7.77. The minimum Gasteiger partial charge on any atom is -0.362 e. The van der Waals surface area contributed by atoms with Gasteiger partial charge in [-0.2, -0.15) is 13.2 Å². The predicted octanol–water partition coefficient (Wildman–Crippen LogP) is 2.72. The van der Waals surface area contributed by atoms with E-state index in [4.69, 9.17) is 0 Å². The van der Waals surface area contributed by atoms with Gasteiger partial charge < -0.3 is 10.1 Å². The standard InChI is InChI=1S/C16H23F3N2O2/c1-3-21(4-2)10-14-7-5-13(6-8-14)9-20-15(22)11-23-12-16(17,18)19/h5-8H,3-4,9-12H2,1-2H3,(H,20,22). The van der Waals surface area contributed by atoms with Gasteiger partial charge in [0.25, 0.3) is 0 Å². The number of hydrogen-bond acceptors (Lipinski definition) is 3. The molecule has 0 saturated carbocycles. The highest BCUT2D eigenvalue weighted by Crippen LogP contribution is 2.14. The van der Waals surface area contributed by atoms with Crippen molar-refractivity contribution in [3.63, 3.8) is 0 Å². The van der Waals surface area contributed by atoms with Crippen molar-refractivity contribution in [2.75, 3.05) is 26.3 Å². The summed E-state index contributed by atoms with van der Waals surface area (Å²) in [5.74, 6) is -0.568. The average Bonchev–Trinajstić information content (AvgIpc) is 2.50. The number of amides is 1. The van der Waals surface area contributed by atoms with E-state index in [9.17, 15) is 18.0 Å². The number of carbonyl (C=O) groups excluding carboxylic acids is 1. The summed E-state index contributed by atoms with van der Waals surface area (Å²) in [5.41, 5.74) is 2.06. The van der Waals surface area contributed by atoms with Gasteiger partial charge in [-0.05, 0) is 24.2 Å². The van der Waals surface area contributed by atoms with Crippen LogP contribution in [0.25, 0.3) is 0 Å². The summed E-state index contributed by atoms with van der Waals surface area (Å²) in [6.45, 7) is 5.28. The summed E-state index contributed by atoms with van der Waals surface area (Å²) in [5, 5.41) is 2.53. The molecule has 0 aliphatic rings. The molecule has 0 unspecified atom stereocenters. The van der Waals surface area contributed by atoms with E-state index in [1.165, 1.54) is 5.56 Å². The molecule has 1 aromatic rings. The Labute approximate surface area is 134 Å². The van der Waals surface area contributed by atoms with Crippen molar-refractivity contribution in [3.8, 4) is 0 Å². The van der Waals surface area contributed by atoms with Gasteiger partial charge in [0, 0.05) is 13.1 Å². The third kappa shape index (κ3) is 8.56. The van der Waals surface area contributed by atoms with E-state index >= 15 is 0 Å². The highest BCUT2D eigenvalue weighted by atomic mass is 19.4. The second-order valence-corrected chi connectivity index (χ2v) is 5.16. The summed E-state index contributed by atoms with van der Waals surface area (Å²) in [7, 11) is 0. The van der Waals surface area contributed by atoms with E-state index in [0.29, 0.717) is 0 Å². The molecule has 0 aliphatic carbocycles. The fourth-order valence-corrected chi connectivity index (χ4v) is 1.98. The third-order valence-electron chi connectivity index (χ3n) is 3.31. The van der Waals surface area contributed by atoms with E-state index < -0.39 is 25.3 Å². The summed E-state index contributed by atoms with van der Waals surface area (Å²) in [6.07, 6.45) is -4.42. The van der Waals surface area contributed by atoms with Gasteiger partial charge in [0.05, 0.1) is 0 Å². The number of rotatable bonds is 9. The molecule has 0 heterocycles. The minimum absolute atomic E-state index is 0.264. The molecule has 23 heavy (non-hydrogen) atoms. The molecule has 4 nitrogen and oxygen atoms in total. The molecule has 1 aromatic carbocycles. The molecule has 1 N–H and O–H groups in total. The number of hydrogen-bond donors (Lipinski definition) is 1. The fraction of sp³-hybridized carbons (Fsp3) is 0.562. The second kappa shape index (κ2) is 9.52. The second-order valence-electron chi connectivity index (χ2n) is 5.16. The van der Waals surface area contributed by atoms with Crippen LogP contribution >= 0.6 is 0 Å². The first-order valence-electron chi connectivity index (χ1n) is 7.55. The quantitative estimate of drug-likeness (QED) is 0.756. The SMILES string of the molecule is CCN(CC)Cc1ccc(CNC(=O)COCC(F)(F)F)cc1. The van der Waals surface area contributed by atoms with E-state index in [-0.39, 0.29) is 6.54 Å². The van der Waals surface area contributed by atoms with Crippen molar-refractivity contribution in [3.05, 3.63) is 35.4 Å². The Bertz CT molecular complexity index is 471. The van der Waals surface area contributed by atoms with Crippen LogP contribution in [0.3, 0.4) is 0 Å². The average molecular weight is 332 g/mol. The van der Waals surface area contributed by atoms with Crippen molar-refractivity contribution < 1.29 is 22.7 Å². The summed E-state index contributed by atoms with van der Waals surface area (Å²) < 4.78 is 39.9. The van der Waals surface area contributed by atoms with Crippen molar-refractivity contribution in [1.82, 2.24) is 10.2 Å². The Kier molecular flexibility index (Phi) is 8.05. The lowest BCUT2D eigenvalue weighted by atomic mass is 10.1. The maximum absolute atomic E-state index is 11.9. The predicted molar refractivity (Wildman–Crippen MR) is 81.8 cm³/mol. The first kappa shape index (κ1) is 19.4. The zero-order chi connectivity index (χ0) is 17.3. The smallest absolute Gasteiger partial charge is 0.362 e. The van der Waals surface area contributed by atoms with Crippen LogP contribution in [0.5, 0.6) is 0 Å². The number of nitrogens with zero attached hydrogens (tertiary/aromatic N) is 1. The Hall–Kier alpha value is -1.60. The first-order valence-corrected chi connectivity index (χ1v) is 7.55. The van der Waals surface area contributed by atoms with E-state index in [0.717, 1.165) is 25.2 Å². The van der Waals surface area contributed by atoms with Gasteiger partial charge in [0.1, 0.15) is 13.2 Å². The van der Waals surface area contributed by atoms with Crippen molar-refractivity contribution in [1.29, 1.82) is 0 Å². The Balaban J connectivity index is 2.33. The van der Waals surface area contributed by atoms with Crippen LogP contribution in [0, 0.1) is 0 Å². The molecule has 7 heteroatoms. The van der Waals surface area contributed by atoms with Crippen molar-refractivity contribution in [2.24, 2.45) is 0 Å². The molecule has 0 aliphatic heterocycles. The van der Waals surface area contributed by atoms with Crippen LogP contribution < -0.4 is 5.32 Å². The normalized spacial score (nSPS) is 11.7. The molecule has 0 aromatic heterocycles. The molecule has 0 spiro atoms. The molecule has 0 atom stereocenters. The molecule has 0 radical (unpaired) electrons. The lowest BCUT2D eigenvalue weighted by Gasteiger charge is -2.18. The van der Waals surface area contributed by atoms with Crippen LogP contribution in [0.2, 0.25) is 0 Å². The van der Waals surface area contributed by atoms with Gasteiger partial charge in [-0.1, -0.05) is 38.1 Å². The van der Waals surface area contributed by atoms with Crippen LogP contribution in [0.4, 0.5) is 13.2 Å². The monoisotopic (exact) mass is 332 g/mol. The van der Waals surface area contributed by atoms with Gasteiger partial charge in [-0.15, -0.1) is 0 Å². The molecule has 130 valence electrons. The molecular weight excluding hydrogens is 309 g/mol. The van der Waals surface area contributed by atoms with Crippen LogP contribution in [0.15, 0.2) is 24.3 Å². The number of alkyl halides is 3. The summed E-state index contributed by atoms with van der Waals surface area (Å²) in [4.78, 5) is 13.7. The molecule has 0 fully saturated rings. The minimum atomic E-state index is -4.42. The first-order chi connectivity index (χ1) is 10.8. The van der Waals surface area contributed by atoms with E-state index in [1.807, 2.05) is 24.3 Å². The zero-order valence-electron chi connectivity index (χ0n) is 13.4. The topological polar surface area (TPSA) is 41.6 Å². The Morgan fingerprint density at radius 3 is 2.22 bits per heavy atom. The van der Waals surface area contributed by atoms with Gasteiger partial charge in [-0.25, -0.2) is 0 Å². The molecule has 1 amide bonds. The van der Waals surface area contributed by atoms with Gasteiger partial charge in [0.2, 0.25) is 5.91 Å². The van der Waals surface area contributed by atoms with Crippen molar-refractivity contribution in [2.45, 2.75) is 33.1 Å². The number of nitrogens with one attached hydrogen (secondary N) is 1. The number of benzene rings is 1. The lowest BCUT2D eigenvalue weighted by Crippen LogP contribution is -2.29. The van der Waals surface area contributed by atoms with Gasteiger partial charge in [-0.3, -0.25) is 9.69 Å². The third-order valence-corrected chi connectivity index (χ3v) is 3.31. The van der Waals surface area contributed by atoms with E-state index in [1.54, 1.807) is 0 Å². The van der Waals surface area contributed by atoms with Crippen molar-refractivity contribution >= 4 is 5.91 Å².